The molecule has 0 radical (unpaired) electrons. The Labute approximate surface area is 146 Å². The Morgan fingerprint density at radius 3 is 2.48 bits per heavy atom. The molecule has 7 nitrogen and oxygen atoms in total. The van der Waals surface area contributed by atoms with Crippen molar-refractivity contribution in [3.63, 3.8) is 0 Å². The molecule has 0 aliphatic rings. The first-order valence-corrected chi connectivity index (χ1v) is 7.37. The molecule has 0 aliphatic heterocycles. The van der Waals surface area contributed by atoms with Crippen molar-refractivity contribution in [2.75, 3.05) is 5.32 Å². The second-order valence-electron chi connectivity index (χ2n) is 4.96. The summed E-state index contributed by atoms with van der Waals surface area (Å²) in [5.41, 5.74) is -0.236. The van der Waals surface area contributed by atoms with E-state index in [1.54, 1.807) is 0 Å². The van der Waals surface area contributed by atoms with Crippen LogP contribution in [0.15, 0.2) is 42.5 Å². The number of carbonyl (C=O) groups is 2. The van der Waals surface area contributed by atoms with Crippen LogP contribution >= 0.6 is 11.6 Å². The predicted molar refractivity (Wildman–Crippen MR) is 88.0 cm³/mol. The zero-order chi connectivity index (χ0) is 18.6. The summed E-state index contributed by atoms with van der Waals surface area (Å²) >= 11 is 5.84. The van der Waals surface area contributed by atoms with Gasteiger partial charge >= 0.3 is 5.97 Å². The molecule has 0 saturated carbocycles. The van der Waals surface area contributed by atoms with Crippen LogP contribution in [0.2, 0.25) is 5.02 Å². The fourth-order valence-electron chi connectivity index (χ4n) is 1.84. The molecule has 2 aromatic carbocycles. The maximum absolute atomic E-state index is 12.8. The van der Waals surface area contributed by atoms with E-state index in [0.29, 0.717) is 5.69 Å². The summed E-state index contributed by atoms with van der Waals surface area (Å²) in [5.74, 6) is -2.09. The highest BCUT2D eigenvalue weighted by molar-refractivity contribution is 6.33. The molecule has 25 heavy (non-hydrogen) atoms. The molecule has 0 saturated heterocycles. The lowest BCUT2D eigenvalue weighted by Gasteiger charge is -2.14. The van der Waals surface area contributed by atoms with Crippen LogP contribution in [0.3, 0.4) is 0 Å². The van der Waals surface area contributed by atoms with Crippen molar-refractivity contribution in [1.82, 2.24) is 0 Å². The summed E-state index contributed by atoms with van der Waals surface area (Å²) in [6, 6.07) is 8.32. The predicted octanol–water partition coefficient (Wildman–Crippen LogP) is 3.57. The average molecular weight is 367 g/mol. The van der Waals surface area contributed by atoms with Crippen LogP contribution < -0.4 is 5.32 Å². The normalized spacial score (nSPS) is 11.5. The lowest BCUT2D eigenvalue weighted by molar-refractivity contribution is -0.384. The van der Waals surface area contributed by atoms with Crippen LogP contribution in [-0.2, 0) is 9.53 Å². The van der Waals surface area contributed by atoms with Crippen molar-refractivity contribution in [1.29, 1.82) is 0 Å². The van der Waals surface area contributed by atoms with Gasteiger partial charge in [-0.05, 0) is 37.3 Å². The fourth-order valence-corrected chi connectivity index (χ4v) is 2.03. The topological polar surface area (TPSA) is 98.5 Å². The molecule has 130 valence electrons. The van der Waals surface area contributed by atoms with Gasteiger partial charge in [0.2, 0.25) is 0 Å². The van der Waals surface area contributed by atoms with Gasteiger partial charge in [-0.1, -0.05) is 11.6 Å². The first kappa shape index (κ1) is 18.3. The van der Waals surface area contributed by atoms with Crippen LogP contribution in [0.25, 0.3) is 0 Å². The van der Waals surface area contributed by atoms with Crippen molar-refractivity contribution in [3.8, 4) is 0 Å². The highest BCUT2D eigenvalue weighted by Crippen LogP contribution is 2.23. The lowest BCUT2D eigenvalue weighted by Crippen LogP contribution is -2.30. The van der Waals surface area contributed by atoms with Crippen molar-refractivity contribution in [2.24, 2.45) is 0 Å². The zero-order valence-electron chi connectivity index (χ0n) is 12.9. The van der Waals surface area contributed by atoms with E-state index < -0.39 is 28.7 Å². The van der Waals surface area contributed by atoms with Gasteiger partial charge in [0.1, 0.15) is 5.82 Å². The van der Waals surface area contributed by atoms with E-state index in [9.17, 15) is 24.1 Å². The second-order valence-corrected chi connectivity index (χ2v) is 5.37. The SMILES string of the molecule is CC(OC(=O)c1cc([N+](=O)[O-])ccc1Cl)C(=O)Nc1ccc(F)cc1. The molecule has 1 unspecified atom stereocenters. The summed E-state index contributed by atoms with van der Waals surface area (Å²) in [6.45, 7) is 1.32. The Morgan fingerprint density at radius 1 is 1.24 bits per heavy atom. The van der Waals surface area contributed by atoms with Crippen LogP contribution in [-0.4, -0.2) is 22.9 Å². The van der Waals surface area contributed by atoms with Gasteiger partial charge in [-0.25, -0.2) is 9.18 Å². The van der Waals surface area contributed by atoms with Crippen LogP contribution in [0.1, 0.15) is 17.3 Å². The van der Waals surface area contributed by atoms with E-state index in [-0.39, 0.29) is 16.3 Å². The minimum atomic E-state index is -1.20. The number of anilines is 1. The third-order valence-electron chi connectivity index (χ3n) is 3.15. The Bertz CT molecular complexity index is 826. The molecule has 0 aliphatic carbocycles. The van der Waals surface area contributed by atoms with Crippen molar-refractivity contribution >= 4 is 34.9 Å². The Hall–Kier alpha value is -3.00. The minimum absolute atomic E-state index is 0.0401. The third-order valence-corrected chi connectivity index (χ3v) is 3.48. The molecular weight excluding hydrogens is 355 g/mol. The number of nitrogens with one attached hydrogen (secondary N) is 1. The molecule has 2 rings (SSSR count). The average Bonchev–Trinajstić information content (AvgIpc) is 2.56. The number of carbonyl (C=O) groups excluding carboxylic acids is 2. The van der Waals surface area contributed by atoms with Gasteiger partial charge in [-0.15, -0.1) is 0 Å². The van der Waals surface area contributed by atoms with Gasteiger partial charge in [-0.3, -0.25) is 14.9 Å². The van der Waals surface area contributed by atoms with Gasteiger partial charge in [0.05, 0.1) is 15.5 Å². The number of halogens is 2. The lowest BCUT2D eigenvalue weighted by atomic mass is 10.2. The van der Waals surface area contributed by atoms with Crippen molar-refractivity contribution in [3.05, 3.63) is 69.0 Å². The Kier molecular flexibility index (Phi) is 5.66. The van der Waals surface area contributed by atoms with Crippen LogP contribution in [0, 0.1) is 15.9 Å². The number of nitro groups is 1. The van der Waals surface area contributed by atoms with Crippen molar-refractivity contribution in [2.45, 2.75) is 13.0 Å². The molecular formula is C16H12ClFN2O5. The molecule has 0 heterocycles. The molecule has 1 amide bonds. The van der Waals surface area contributed by atoms with Crippen LogP contribution in [0.5, 0.6) is 0 Å². The number of hydrogen-bond acceptors (Lipinski definition) is 5. The molecule has 1 N–H and O–H groups in total. The molecule has 2 aromatic rings. The Balaban J connectivity index is 2.06. The summed E-state index contributed by atoms with van der Waals surface area (Å²) in [6.07, 6.45) is -1.20. The number of nitrogens with zero attached hydrogens (tertiary/aromatic N) is 1. The van der Waals surface area contributed by atoms with E-state index in [2.05, 4.69) is 5.32 Å². The molecule has 0 spiro atoms. The zero-order valence-corrected chi connectivity index (χ0v) is 13.6. The first-order chi connectivity index (χ1) is 11.8. The fraction of sp³-hybridized carbons (Fsp3) is 0.125. The maximum Gasteiger partial charge on any atom is 0.340 e. The summed E-state index contributed by atoms with van der Waals surface area (Å²) < 4.78 is 17.8. The number of rotatable bonds is 5. The monoisotopic (exact) mass is 366 g/mol. The molecule has 0 bridgehead atoms. The first-order valence-electron chi connectivity index (χ1n) is 6.99. The maximum atomic E-state index is 12.8. The van der Waals surface area contributed by atoms with Crippen molar-refractivity contribution < 1.29 is 23.6 Å². The van der Waals surface area contributed by atoms with Gasteiger partial charge in [0.25, 0.3) is 11.6 Å². The Morgan fingerprint density at radius 2 is 1.88 bits per heavy atom. The highest BCUT2D eigenvalue weighted by atomic mass is 35.5. The summed E-state index contributed by atoms with van der Waals surface area (Å²) in [7, 11) is 0. The number of esters is 1. The number of hydrogen-bond donors (Lipinski definition) is 1. The number of ether oxygens (including phenoxy) is 1. The standard InChI is InChI=1S/C16H12ClFN2O5/c1-9(15(21)19-11-4-2-10(18)3-5-11)25-16(22)13-8-12(20(23)24)6-7-14(13)17/h2-9H,1H3,(H,19,21). The van der Waals surface area contributed by atoms with Gasteiger partial charge in [-0.2, -0.15) is 0 Å². The van der Waals surface area contributed by atoms with E-state index in [0.717, 1.165) is 24.3 Å². The second kappa shape index (κ2) is 7.71. The van der Waals surface area contributed by atoms with Gasteiger partial charge in [0, 0.05) is 17.8 Å². The number of non-ortho nitro benzene ring substituents is 1. The van der Waals surface area contributed by atoms with E-state index >= 15 is 0 Å². The molecule has 1 atom stereocenters. The molecule has 9 heteroatoms. The summed E-state index contributed by atoms with van der Waals surface area (Å²) in [4.78, 5) is 34.2. The smallest absolute Gasteiger partial charge is 0.340 e. The quantitative estimate of drug-likeness (QED) is 0.495. The van der Waals surface area contributed by atoms with Gasteiger partial charge in [0.15, 0.2) is 6.10 Å². The van der Waals surface area contributed by atoms with E-state index in [4.69, 9.17) is 16.3 Å². The highest BCUT2D eigenvalue weighted by Gasteiger charge is 2.22. The molecule has 0 fully saturated rings. The number of amides is 1. The van der Waals surface area contributed by atoms with Gasteiger partial charge < -0.3 is 10.1 Å². The van der Waals surface area contributed by atoms with E-state index in [1.165, 1.54) is 25.1 Å². The number of nitro benzene ring substituents is 1. The third kappa shape index (κ3) is 4.74. The minimum Gasteiger partial charge on any atom is -0.449 e. The van der Waals surface area contributed by atoms with Crippen LogP contribution in [0.4, 0.5) is 15.8 Å². The summed E-state index contributed by atoms with van der Waals surface area (Å²) in [5, 5.41) is 13.2. The number of benzene rings is 2. The molecule has 0 aromatic heterocycles. The van der Waals surface area contributed by atoms with E-state index in [1.807, 2.05) is 0 Å². The largest absolute Gasteiger partial charge is 0.449 e.